The van der Waals surface area contributed by atoms with Gasteiger partial charge in [-0.3, -0.25) is 9.69 Å². The van der Waals surface area contributed by atoms with E-state index in [1.165, 1.54) is 0 Å². The van der Waals surface area contributed by atoms with Crippen LogP contribution < -0.4 is 10.2 Å². The maximum absolute atomic E-state index is 13.5. The van der Waals surface area contributed by atoms with Crippen LogP contribution in [0, 0.1) is 0 Å². The van der Waals surface area contributed by atoms with Gasteiger partial charge in [0, 0.05) is 67.2 Å². The van der Waals surface area contributed by atoms with Crippen LogP contribution in [0.1, 0.15) is 61.2 Å². The lowest BCUT2D eigenvalue weighted by Crippen LogP contribution is -2.47. The Kier molecular flexibility index (Phi) is 9.04. The highest BCUT2D eigenvalue weighted by atomic mass is 19.4. The molecule has 218 valence electrons. The van der Waals surface area contributed by atoms with Crippen LogP contribution in [0.2, 0.25) is 0 Å². The standard InChI is InChI=1S/C29H40F3N7O/c1-28(2,3)27-35-23(29(30,31)32)18-24(36-27)39-16-14-38(15-17-39)13-9-8-12-33-26(40)25-21(19-37(4)5)20-10-6-7-11-22(20)34-25/h6-7,10-11,18,34H,8-9,12-17,19H2,1-5H3,(H,33,40). The van der Waals surface area contributed by atoms with E-state index < -0.39 is 17.3 Å². The van der Waals surface area contributed by atoms with Crippen LogP contribution in [-0.2, 0) is 18.1 Å². The molecule has 0 spiro atoms. The Labute approximate surface area is 234 Å². The minimum atomic E-state index is -4.52. The first-order chi connectivity index (χ1) is 18.8. The molecule has 3 aromatic rings. The van der Waals surface area contributed by atoms with E-state index in [1.807, 2.05) is 64.0 Å². The van der Waals surface area contributed by atoms with Crippen molar-refractivity contribution >= 4 is 22.6 Å². The molecule has 0 atom stereocenters. The van der Waals surface area contributed by atoms with Crippen molar-refractivity contribution in [3.05, 3.63) is 53.1 Å². The van der Waals surface area contributed by atoms with Crippen molar-refractivity contribution in [3.8, 4) is 0 Å². The average molecular weight is 560 g/mol. The van der Waals surface area contributed by atoms with Crippen molar-refractivity contribution < 1.29 is 18.0 Å². The van der Waals surface area contributed by atoms with Gasteiger partial charge in [-0.05, 0) is 39.5 Å². The molecule has 2 N–H and O–H groups in total. The number of anilines is 1. The Morgan fingerprint density at radius 2 is 1.75 bits per heavy atom. The predicted molar refractivity (Wildman–Crippen MR) is 152 cm³/mol. The Balaban J connectivity index is 1.26. The first-order valence-corrected chi connectivity index (χ1v) is 13.8. The number of rotatable bonds is 9. The van der Waals surface area contributed by atoms with Crippen LogP contribution in [0.5, 0.6) is 0 Å². The summed E-state index contributed by atoms with van der Waals surface area (Å²) < 4.78 is 40.5. The normalized spacial score (nSPS) is 15.3. The highest BCUT2D eigenvalue weighted by molar-refractivity contribution is 6.01. The number of benzene rings is 1. The third-order valence-corrected chi connectivity index (χ3v) is 7.07. The molecule has 3 heterocycles. The monoisotopic (exact) mass is 559 g/mol. The molecular formula is C29H40F3N7O. The van der Waals surface area contributed by atoms with E-state index in [0.717, 1.165) is 55.0 Å². The summed E-state index contributed by atoms with van der Waals surface area (Å²) in [5.41, 5.74) is 1.08. The molecule has 0 bridgehead atoms. The molecule has 2 aromatic heterocycles. The summed E-state index contributed by atoms with van der Waals surface area (Å²) in [6.45, 7) is 10.2. The fraction of sp³-hybridized carbons (Fsp3) is 0.552. The summed E-state index contributed by atoms with van der Waals surface area (Å²) in [6, 6.07) is 9.01. The maximum atomic E-state index is 13.5. The van der Waals surface area contributed by atoms with E-state index in [2.05, 4.69) is 30.1 Å². The predicted octanol–water partition coefficient (Wildman–Crippen LogP) is 4.67. The number of halogens is 3. The van der Waals surface area contributed by atoms with Gasteiger partial charge in [0.25, 0.3) is 5.91 Å². The number of piperazine rings is 1. The van der Waals surface area contributed by atoms with E-state index in [9.17, 15) is 18.0 Å². The second-order valence-electron chi connectivity index (χ2n) is 11.7. The van der Waals surface area contributed by atoms with Crippen LogP contribution in [0.25, 0.3) is 10.9 Å². The largest absolute Gasteiger partial charge is 0.433 e. The number of hydrogen-bond donors (Lipinski definition) is 2. The first-order valence-electron chi connectivity index (χ1n) is 13.8. The van der Waals surface area contributed by atoms with Gasteiger partial charge < -0.3 is 20.1 Å². The molecule has 0 saturated carbocycles. The van der Waals surface area contributed by atoms with Crippen LogP contribution in [-0.4, -0.2) is 84.0 Å². The van der Waals surface area contributed by atoms with Gasteiger partial charge in [-0.1, -0.05) is 39.0 Å². The molecule has 1 saturated heterocycles. The highest BCUT2D eigenvalue weighted by Gasteiger charge is 2.36. The number of fused-ring (bicyclic) bond motifs is 1. The van der Waals surface area contributed by atoms with Gasteiger partial charge in [-0.2, -0.15) is 13.2 Å². The average Bonchev–Trinajstić information content (AvgIpc) is 3.25. The lowest BCUT2D eigenvalue weighted by atomic mass is 9.95. The van der Waals surface area contributed by atoms with Crippen LogP contribution >= 0.6 is 0 Å². The van der Waals surface area contributed by atoms with Gasteiger partial charge in [0.15, 0.2) is 0 Å². The van der Waals surface area contributed by atoms with Gasteiger partial charge in [-0.25, -0.2) is 9.97 Å². The highest BCUT2D eigenvalue weighted by Crippen LogP contribution is 2.32. The van der Waals surface area contributed by atoms with Gasteiger partial charge >= 0.3 is 6.18 Å². The van der Waals surface area contributed by atoms with Crippen molar-refractivity contribution in [2.24, 2.45) is 0 Å². The smallest absolute Gasteiger partial charge is 0.354 e. The second-order valence-corrected chi connectivity index (χ2v) is 11.7. The number of carbonyl (C=O) groups excluding carboxylic acids is 1. The van der Waals surface area contributed by atoms with E-state index in [0.29, 0.717) is 37.7 Å². The van der Waals surface area contributed by atoms with E-state index in [-0.39, 0.29) is 11.7 Å². The van der Waals surface area contributed by atoms with Crippen molar-refractivity contribution in [2.45, 2.75) is 51.7 Å². The fourth-order valence-corrected chi connectivity index (χ4v) is 4.90. The summed E-state index contributed by atoms with van der Waals surface area (Å²) in [5.74, 6) is 0.433. The van der Waals surface area contributed by atoms with Crippen molar-refractivity contribution in [1.82, 2.24) is 30.1 Å². The zero-order chi connectivity index (χ0) is 29.1. The van der Waals surface area contributed by atoms with Gasteiger partial charge in [0.05, 0.1) is 0 Å². The molecule has 8 nitrogen and oxygen atoms in total. The van der Waals surface area contributed by atoms with Crippen LogP contribution in [0.3, 0.4) is 0 Å². The number of aromatic nitrogens is 3. The number of unbranched alkanes of at least 4 members (excludes halogenated alkanes) is 1. The Morgan fingerprint density at radius 1 is 1.05 bits per heavy atom. The SMILES string of the molecule is CN(C)Cc1c(C(=O)NCCCCN2CCN(c3cc(C(F)(F)F)nc(C(C)(C)C)n3)CC2)[nH]c2ccccc12. The number of H-pyrrole nitrogens is 1. The maximum Gasteiger partial charge on any atom is 0.433 e. The van der Waals surface area contributed by atoms with E-state index in [4.69, 9.17) is 0 Å². The molecule has 1 aliphatic rings. The zero-order valence-electron chi connectivity index (χ0n) is 24.0. The number of nitrogens with zero attached hydrogens (tertiary/aromatic N) is 5. The molecule has 0 radical (unpaired) electrons. The van der Waals surface area contributed by atoms with Gasteiger partial charge in [0.1, 0.15) is 23.0 Å². The summed E-state index contributed by atoms with van der Waals surface area (Å²) in [7, 11) is 3.97. The number of hydrogen-bond acceptors (Lipinski definition) is 6. The topological polar surface area (TPSA) is 80.4 Å². The molecule has 0 aliphatic carbocycles. The number of amides is 1. The molecule has 1 fully saturated rings. The second kappa shape index (κ2) is 12.1. The van der Waals surface area contributed by atoms with Crippen LogP contribution in [0.15, 0.2) is 30.3 Å². The third kappa shape index (κ3) is 7.31. The molecule has 4 rings (SSSR count). The number of nitrogens with one attached hydrogen (secondary N) is 2. The molecule has 1 aliphatic heterocycles. The molecule has 40 heavy (non-hydrogen) atoms. The van der Waals surface area contributed by atoms with Crippen molar-refractivity contribution in [2.75, 3.05) is 58.3 Å². The molecule has 0 unspecified atom stereocenters. The summed E-state index contributed by atoms with van der Waals surface area (Å²) in [4.78, 5) is 30.8. The minimum absolute atomic E-state index is 0.0978. The summed E-state index contributed by atoms with van der Waals surface area (Å²) >= 11 is 0. The van der Waals surface area contributed by atoms with Gasteiger partial charge in [-0.15, -0.1) is 0 Å². The Morgan fingerprint density at radius 3 is 2.40 bits per heavy atom. The molecule has 1 aromatic carbocycles. The summed E-state index contributed by atoms with van der Waals surface area (Å²) in [5, 5.41) is 4.11. The van der Waals surface area contributed by atoms with Crippen molar-refractivity contribution in [3.63, 3.8) is 0 Å². The zero-order valence-corrected chi connectivity index (χ0v) is 24.0. The van der Waals surface area contributed by atoms with E-state index in [1.54, 1.807) is 0 Å². The van der Waals surface area contributed by atoms with Crippen LogP contribution in [0.4, 0.5) is 19.0 Å². The quantitative estimate of drug-likeness (QED) is 0.371. The van der Waals surface area contributed by atoms with Crippen molar-refractivity contribution in [1.29, 1.82) is 0 Å². The minimum Gasteiger partial charge on any atom is -0.354 e. The lowest BCUT2D eigenvalue weighted by Gasteiger charge is -2.36. The first kappa shape index (κ1) is 29.8. The Bertz CT molecular complexity index is 1270. The summed E-state index contributed by atoms with van der Waals surface area (Å²) in [6.07, 6.45) is -2.76. The lowest BCUT2D eigenvalue weighted by molar-refractivity contribution is -0.141. The molecule has 11 heteroatoms. The number of carbonyl (C=O) groups is 1. The Hall–Kier alpha value is -3.18. The number of alkyl halides is 3. The van der Waals surface area contributed by atoms with Gasteiger partial charge in [0.2, 0.25) is 0 Å². The molecular weight excluding hydrogens is 519 g/mol. The third-order valence-electron chi connectivity index (χ3n) is 7.07. The van der Waals surface area contributed by atoms with E-state index >= 15 is 0 Å². The fourth-order valence-electron chi connectivity index (χ4n) is 4.90. The number of aromatic amines is 1. The number of para-hydroxylation sites is 1. The molecule has 1 amide bonds.